The number of carbonyl (C=O) groups is 1. The van der Waals surface area contributed by atoms with Crippen molar-refractivity contribution >= 4 is 50.4 Å². The van der Waals surface area contributed by atoms with Gasteiger partial charge in [-0.3, -0.25) is 9.69 Å². The maximum atomic E-state index is 11.7. The van der Waals surface area contributed by atoms with E-state index in [1.54, 1.807) is 17.3 Å². The van der Waals surface area contributed by atoms with Crippen LogP contribution in [0, 0.1) is 9.49 Å². The first-order valence-corrected chi connectivity index (χ1v) is 6.74. The average Bonchev–Trinajstić information content (AvgIpc) is 2.61. The van der Waals surface area contributed by atoms with Crippen molar-refractivity contribution < 1.29 is 4.79 Å². The summed E-state index contributed by atoms with van der Waals surface area (Å²) in [6.45, 7) is 0.713. The first-order valence-electron chi connectivity index (χ1n) is 4.54. The van der Waals surface area contributed by atoms with Crippen molar-refractivity contribution in [1.82, 2.24) is 9.97 Å². The van der Waals surface area contributed by atoms with Crippen LogP contribution in [0.1, 0.15) is 6.42 Å². The van der Waals surface area contributed by atoms with Gasteiger partial charge in [-0.15, -0.1) is 0 Å². The zero-order valence-electron chi connectivity index (χ0n) is 7.86. The number of nitrogens with zero attached hydrogens (tertiary/aromatic N) is 3. The van der Waals surface area contributed by atoms with Crippen molar-refractivity contribution in [2.24, 2.45) is 5.92 Å². The minimum Gasteiger partial charge on any atom is -0.280 e. The highest BCUT2D eigenvalue weighted by Gasteiger charge is 2.31. The lowest BCUT2D eigenvalue weighted by molar-refractivity contribution is -0.117. The highest BCUT2D eigenvalue weighted by Crippen LogP contribution is 2.23. The molecule has 1 aliphatic heterocycles. The van der Waals surface area contributed by atoms with Crippen molar-refractivity contribution in [2.75, 3.05) is 16.8 Å². The summed E-state index contributed by atoms with van der Waals surface area (Å²) in [5.74, 6) is 1.00. The molecule has 80 valence electrons. The average molecular weight is 382 g/mol. The lowest BCUT2D eigenvalue weighted by Crippen LogP contribution is -2.26. The molecule has 2 rings (SSSR count). The van der Waals surface area contributed by atoms with Gasteiger partial charge in [0, 0.05) is 34.3 Å². The molecule has 2 heterocycles. The number of amides is 1. The smallest absolute Gasteiger partial charge is 0.232 e. The number of hydrogen-bond acceptors (Lipinski definition) is 3. The second-order valence-electron chi connectivity index (χ2n) is 3.43. The Morgan fingerprint density at radius 3 is 2.73 bits per heavy atom. The predicted octanol–water partition coefficient (Wildman–Crippen LogP) is 1.83. The van der Waals surface area contributed by atoms with E-state index in [9.17, 15) is 4.79 Å². The number of carbonyl (C=O) groups excluding carboxylic acids is 1. The molecule has 4 nitrogen and oxygen atoms in total. The van der Waals surface area contributed by atoms with Crippen molar-refractivity contribution in [3.63, 3.8) is 0 Å². The Morgan fingerprint density at radius 1 is 1.53 bits per heavy atom. The van der Waals surface area contributed by atoms with Gasteiger partial charge in [-0.25, -0.2) is 9.97 Å². The minimum atomic E-state index is 0.112. The fraction of sp³-hybridized carbons (Fsp3) is 0.444. The molecule has 1 amide bonds. The fourth-order valence-electron chi connectivity index (χ4n) is 1.52. The third kappa shape index (κ3) is 2.47. The second-order valence-corrected chi connectivity index (χ2v) is 5.32. The van der Waals surface area contributed by atoms with Crippen molar-refractivity contribution in [3.05, 3.63) is 16.0 Å². The molecule has 1 atom stereocenters. The van der Waals surface area contributed by atoms with Crippen LogP contribution in [-0.4, -0.2) is 27.7 Å². The van der Waals surface area contributed by atoms with Crippen LogP contribution in [0.3, 0.4) is 0 Å². The van der Waals surface area contributed by atoms with Gasteiger partial charge in [-0.1, -0.05) is 15.9 Å². The Balaban J connectivity index is 2.18. The summed E-state index contributed by atoms with van der Waals surface area (Å²) in [4.78, 5) is 21.6. The van der Waals surface area contributed by atoms with Crippen molar-refractivity contribution in [3.8, 4) is 0 Å². The maximum Gasteiger partial charge on any atom is 0.232 e. The zero-order chi connectivity index (χ0) is 10.8. The fourth-order valence-corrected chi connectivity index (χ4v) is 2.24. The third-order valence-electron chi connectivity index (χ3n) is 2.27. The zero-order valence-corrected chi connectivity index (χ0v) is 11.6. The highest BCUT2D eigenvalue weighted by molar-refractivity contribution is 14.1. The van der Waals surface area contributed by atoms with Crippen LogP contribution in [0.15, 0.2) is 12.4 Å². The molecule has 1 saturated heterocycles. The molecule has 0 aromatic carbocycles. The number of rotatable bonds is 2. The normalized spacial score (nSPS) is 21.1. The minimum absolute atomic E-state index is 0.112. The SMILES string of the molecule is O=C1CC(CBr)CN1c1ncc(I)cn1. The Morgan fingerprint density at radius 2 is 2.20 bits per heavy atom. The van der Waals surface area contributed by atoms with E-state index in [0.29, 0.717) is 24.8 Å². The van der Waals surface area contributed by atoms with Gasteiger partial charge in [0.15, 0.2) is 0 Å². The summed E-state index contributed by atoms with van der Waals surface area (Å²) in [6, 6.07) is 0. The van der Waals surface area contributed by atoms with Crippen LogP contribution in [-0.2, 0) is 4.79 Å². The number of halogens is 2. The standard InChI is InChI=1S/C9H9BrIN3O/c10-2-6-1-8(15)14(5-6)9-12-3-7(11)4-13-9/h3-4,6H,1-2,5H2. The Bertz CT molecular complexity index is 370. The van der Waals surface area contributed by atoms with Gasteiger partial charge in [0.2, 0.25) is 11.9 Å². The molecule has 0 radical (unpaired) electrons. The van der Waals surface area contributed by atoms with Crippen molar-refractivity contribution in [2.45, 2.75) is 6.42 Å². The van der Waals surface area contributed by atoms with Gasteiger partial charge in [-0.05, 0) is 28.5 Å². The van der Waals surface area contributed by atoms with E-state index in [-0.39, 0.29) is 5.91 Å². The van der Waals surface area contributed by atoms with E-state index < -0.39 is 0 Å². The number of anilines is 1. The molecule has 0 aliphatic carbocycles. The summed E-state index contributed by atoms with van der Waals surface area (Å²) in [5, 5.41) is 0.847. The Hall–Kier alpha value is -0.240. The van der Waals surface area contributed by atoms with Crippen LogP contribution >= 0.6 is 38.5 Å². The quantitative estimate of drug-likeness (QED) is 0.580. The van der Waals surface area contributed by atoms with Crippen LogP contribution in [0.5, 0.6) is 0 Å². The molecule has 1 aromatic rings. The van der Waals surface area contributed by atoms with E-state index >= 15 is 0 Å². The van der Waals surface area contributed by atoms with E-state index in [1.165, 1.54) is 0 Å². The van der Waals surface area contributed by atoms with Gasteiger partial charge < -0.3 is 0 Å². The molecule has 0 saturated carbocycles. The van der Waals surface area contributed by atoms with E-state index in [1.807, 2.05) is 0 Å². The topological polar surface area (TPSA) is 46.1 Å². The molecule has 0 spiro atoms. The molecule has 15 heavy (non-hydrogen) atoms. The van der Waals surface area contributed by atoms with E-state index in [0.717, 1.165) is 8.90 Å². The van der Waals surface area contributed by atoms with Crippen LogP contribution < -0.4 is 4.90 Å². The summed E-state index contributed by atoms with van der Waals surface area (Å²) in [6.07, 6.45) is 4.02. The highest BCUT2D eigenvalue weighted by atomic mass is 127. The summed E-state index contributed by atoms with van der Waals surface area (Å²) in [7, 11) is 0. The summed E-state index contributed by atoms with van der Waals surface area (Å²) < 4.78 is 0.972. The third-order valence-corrected chi connectivity index (χ3v) is 3.74. The molecule has 6 heteroatoms. The first kappa shape index (κ1) is 11.3. The Labute approximate surface area is 110 Å². The molecule has 1 unspecified atom stereocenters. The van der Waals surface area contributed by atoms with Crippen LogP contribution in [0.4, 0.5) is 5.95 Å². The summed E-state index contributed by atoms with van der Waals surface area (Å²) >= 11 is 5.53. The van der Waals surface area contributed by atoms with Gasteiger partial charge in [0.25, 0.3) is 0 Å². The van der Waals surface area contributed by atoms with Gasteiger partial charge >= 0.3 is 0 Å². The molecule has 0 bridgehead atoms. The van der Waals surface area contributed by atoms with Crippen LogP contribution in [0.25, 0.3) is 0 Å². The summed E-state index contributed by atoms with van der Waals surface area (Å²) in [5.41, 5.74) is 0. The van der Waals surface area contributed by atoms with E-state index in [2.05, 4.69) is 48.5 Å². The monoisotopic (exact) mass is 381 g/mol. The lowest BCUT2D eigenvalue weighted by Gasteiger charge is -2.13. The number of hydrogen-bond donors (Lipinski definition) is 0. The van der Waals surface area contributed by atoms with Crippen molar-refractivity contribution in [1.29, 1.82) is 0 Å². The lowest BCUT2D eigenvalue weighted by atomic mass is 10.2. The molecular formula is C9H9BrIN3O. The van der Waals surface area contributed by atoms with Gasteiger partial charge in [-0.2, -0.15) is 0 Å². The van der Waals surface area contributed by atoms with E-state index in [4.69, 9.17) is 0 Å². The molecule has 1 aromatic heterocycles. The molecule has 0 N–H and O–H groups in total. The van der Waals surface area contributed by atoms with Gasteiger partial charge in [0.1, 0.15) is 0 Å². The molecule has 1 fully saturated rings. The second kappa shape index (κ2) is 4.73. The molecular weight excluding hydrogens is 373 g/mol. The van der Waals surface area contributed by atoms with Crippen LogP contribution in [0.2, 0.25) is 0 Å². The maximum absolute atomic E-state index is 11.7. The van der Waals surface area contributed by atoms with Gasteiger partial charge in [0.05, 0.1) is 0 Å². The molecule has 1 aliphatic rings. The largest absolute Gasteiger partial charge is 0.280 e. The first-order chi connectivity index (χ1) is 7.20. The number of alkyl halides is 1. The Kier molecular flexibility index (Phi) is 3.55. The number of aromatic nitrogens is 2. The predicted molar refractivity (Wildman–Crippen MR) is 69.0 cm³/mol.